The number of carbonyl (C=O) groups excluding carboxylic acids is 2. The fourth-order valence-electron chi connectivity index (χ4n) is 4.76. The highest BCUT2D eigenvalue weighted by atomic mass is 35.5. The van der Waals surface area contributed by atoms with Crippen LogP contribution in [0, 0.1) is 11.2 Å². The van der Waals surface area contributed by atoms with Gasteiger partial charge in [-0.2, -0.15) is 26.3 Å². The predicted molar refractivity (Wildman–Crippen MR) is 143 cm³/mol. The lowest BCUT2D eigenvalue weighted by atomic mass is 9.85. The molecule has 2 aromatic carbocycles. The van der Waals surface area contributed by atoms with Gasteiger partial charge in [-0.1, -0.05) is 23.7 Å². The van der Waals surface area contributed by atoms with Gasteiger partial charge in [-0.05, 0) is 56.5 Å². The summed E-state index contributed by atoms with van der Waals surface area (Å²) in [5.41, 5.74) is -2.67. The number of guanidine groups is 1. The fourth-order valence-corrected chi connectivity index (χ4v) is 5.14. The van der Waals surface area contributed by atoms with Crippen LogP contribution in [0.15, 0.2) is 36.4 Å². The number of carboxylic acid groups (broad SMARTS) is 1. The van der Waals surface area contributed by atoms with E-state index in [0.29, 0.717) is 43.2 Å². The molecule has 240 valence electrons. The van der Waals surface area contributed by atoms with Crippen molar-refractivity contribution in [2.75, 3.05) is 11.9 Å². The van der Waals surface area contributed by atoms with Crippen molar-refractivity contribution in [1.82, 2.24) is 10.2 Å². The maximum atomic E-state index is 14.2. The van der Waals surface area contributed by atoms with Crippen LogP contribution in [-0.4, -0.2) is 58.7 Å². The molecule has 0 aromatic heterocycles. The number of nitrogens with one attached hydrogen (secondary N) is 3. The molecular weight excluding hydrogens is 629 g/mol. The van der Waals surface area contributed by atoms with Gasteiger partial charge in [-0.25, -0.2) is 9.18 Å². The number of halogens is 8. The Balaban J connectivity index is 0.000000676. The van der Waals surface area contributed by atoms with Gasteiger partial charge >= 0.3 is 18.3 Å². The van der Waals surface area contributed by atoms with Crippen molar-refractivity contribution in [2.45, 2.75) is 63.1 Å². The zero-order valence-electron chi connectivity index (χ0n) is 23.0. The second-order valence-corrected chi connectivity index (χ2v) is 10.6. The average Bonchev–Trinajstić information content (AvgIpc) is 2.88. The van der Waals surface area contributed by atoms with Gasteiger partial charge in [-0.3, -0.25) is 19.9 Å². The van der Waals surface area contributed by atoms with Crippen molar-refractivity contribution in [3.63, 3.8) is 0 Å². The summed E-state index contributed by atoms with van der Waals surface area (Å²) in [5, 5.41) is 21.1. The van der Waals surface area contributed by atoms with E-state index in [1.165, 1.54) is 17.0 Å². The van der Waals surface area contributed by atoms with Gasteiger partial charge in [0.15, 0.2) is 5.96 Å². The number of amides is 2. The highest BCUT2D eigenvalue weighted by Gasteiger charge is 2.44. The maximum Gasteiger partial charge on any atom is 0.490 e. The van der Waals surface area contributed by atoms with Crippen molar-refractivity contribution in [3.8, 4) is 0 Å². The lowest BCUT2D eigenvalue weighted by Crippen LogP contribution is -2.63. The number of benzene rings is 2. The second-order valence-electron chi connectivity index (χ2n) is 10.2. The molecular formula is C27H26ClF7N4O5. The Bertz CT molecular complexity index is 1430. The molecule has 0 radical (unpaired) electrons. The topological polar surface area (TPSA) is 132 Å². The molecule has 0 aliphatic carbocycles. The minimum absolute atomic E-state index is 0.00646. The molecule has 0 saturated carbocycles. The monoisotopic (exact) mass is 654 g/mol. The number of ether oxygens (including phenoxy) is 1. The van der Waals surface area contributed by atoms with E-state index in [9.17, 15) is 40.3 Å². The average molecular weight is 655 g/mol. The third-order valence-electron chi connectivity index (χ3n) is 6.85. The summed E-state index contributed by atoms with van der Waals surface area (Å²) in [6, 6.07) is 5.93. The summed E-state index contributed by atoms with van der Waals surface area (Å²) in [7, 11) is 0. The minimum Gasteiger partial charge on any atom is -0.475 e. The Hall–Kier alpha value is -3.92. The van der Waals surface area contributed by atoms with Crippen molar-refractivity contribution in [1.29, 1.82) is 5.41 Å². The van der Waals surface area contributed by atoms with Crippen LogP contribution in [0.1, 0.15) is 54.6 Å². The summed E-state index contributed by atoms with van der Waals surface area (Å²) >= 11 is 6.57. The maximum absolute atomic E-state index is 14.2. The summed E-state index contributed by atoms with van der Waals surface area (Å²) in [4.78, 5) is 36.2. The standard InChI is InChI=1S/C25H25ClF4N4O3.C2HF3O2/c1-13-10-15(8-9-37-13)34-20(35)12-24(2,33-23(34)31)17-4-3-5-19(21(17)26)32-22(36)16-11-14(25(28,29)30)6-7-18(16)27;3-2(4,5)1(6)7/h3-7,11,13,15H,8-10,12H2,1-2H3,(H2,31,33)(H,32,36);(H,6,7)/t13-,15-,24+;/m1./s1. The number of carboxylic acids is 1. The molecule has 2 aliphatic heterocycles. The molecule has 2 amide bonds. The van der Waals surface area contributed by atoms with Crippen molar-refractivity contribution in [3.05, 3.63) is 63.9 Å². The van der Waals surface area contributed by atoms with Crippen molar-refractivity contribution < 1.29 is 55.0 Å². The zero-order valence-corrected chi connectivity index (χ0v) is 23.8. The lowest BCUT2D eigenvalue weighted by Gasteiger charge is -2.45. The highest BCUT2D eigenvalue weighted by Crippen LogP contribution is 2.39. The van der Waals surface area contributed by atoms with Gasteiger partial charge in [0.25, 0.3) is 5.91 Å². The molecule has 0 unspecified atom stereocenters. The van der Waals surface area contributed by atoms with Crippen LogP contribution in [0.2, 0.25) is 5.02 Å². The Labute approximate surface area is 250 Å². The molecule has 4 N–H and O–H groups in total. The number of anilines is 1. The van der Waals surface area contributed by atoms with Crippen LogP contribution in [0.3, 0.4) is 0 Å². The molecule has 17 heteroatoms. The molecule has 2 aromatic rings. The number of aliphatic carboxylic acids is 1. The van der Waals surface area contributed by atoms with E-state index in [1.807, 2.05) is 6.92 Å². The van der Waals surface area contributed by atoms with E-state index in [0.717, 1.165) is 0 Å². The molecule has 3 atom stereocenters. The molecule has 4 rings (SSSR count). The van der Waals surface area contributed by atoms with Crippen LogP contribution in [-0.2, 0) is 26.0 Å². The van der Waals surface area contributed by atoms with E-state index >= 15 is 0 Å². The van der Waals surface area contributed by atoms with Gasteiger partial charge < -0.3 is 20.5 Å². The molecule has 2 saturated heterocycles. The molecule has 0 spiro atoms. The molecule has 2 aliphatic rings. The molecule has 9 nitrogen and oxygen atoms in total. The molecule has 2 heterocycles. The second kappa shape index (κ2) is 13.0. The third kappa shape index (κ3) is 7.96. The van der Waals surface area contributed by atoms with Crippen LogP contribution >= 0.6 is 11.6 Å². The SMILES string of the molecule is C[C@@H]1C[C@H](N2C(=N)N[C@](C)(c3cccc(NC(=O)c4cc(C(F)(F)F)ccc4F)c3Cl)CC2=O)CCO1.O=C(O)C(F)(F)F. The smallest absolute Gasteiger partial charge is 0.475 e. The van der Waals surface area contributed by atoms with Crippen LogP contribution in [0.25, 0.3) is 0 Å². The number of alkyl halides is 6. The number of rotatable bonds is 4. The fraction of sp³-hybridized carbons (Fsp3) is 0.407. The van der Waals surface area contributed by atoms with Crippen LogP contribution in [0.4, 0.5) is 36.4 Å². The number of carbonyl (C=O) groups is 3. The molecule has 2 fully saturated rings. The van der Waals surface area contributed by atoms with Gasteiger partial charge in [0.05, 0.1) is 39.9 Å². The first-order chi connectivity index (χ1) is 20.2. The van der Waals surface area contributed by atoms with Gasteiger partial charge in [0.2, 0.25) is 5.91 Å². The third-order valence-corrected chi connectivity index (χ3v) is 7.26. The van der Waals surface area contributed by atoms with E-state index < -0.39 is 46.7 Å². The normalized spacial score (nSPS) is 22.5. The first-order valence-corrected chi connectivity index (χ1v) is 13.2. The Morgan fingerprint density at radius 2 is 1.82 bits per heavy atom. The summed E-state index contributed by atoms with van der Waals surface area (Å²) in [5.74, 6) is -5.36. The predicted octanol–water partition coefficient (Wildman–Crippen LogP) is 5.92. The number of hydrogen-bond donors (Lipinski definition) is 4. The van der Waals surface area contributed by atoms with E-state index in [4.69, 9.17) is 31.6 Å². The summed E-state index contributed by atoms with van der Waals surface area (Å²) < 4.78 is 90.6. The Morgan fingerprint density at radius 3 is 2.36 bits per heavy atom. The largest absolute Gasteiger partial charge is 0.490 e. The van der Waals surface area contributed by atoms with E-state index in [-0.39, 0.29) is 41.1 Å². The van der Waals surface area contributed by atoms with E-state index in [1.54, 1.807) is 13.0 Å². The van der Waals surface area contributed by atoms with Gasteiger partial charge in [0.1, 0.15) is 5.82 Å². The quantitative estimate of drug-likeness (QED) is 0.303. The van der Waals surface area contributed by atoms with Crippen molar-refractivity contribution in [2.24, 2.45) is 0 Å². The number of hydrogen-bond acceptors (Lipinski definition) is 5. The Morgan fingerprint density at radius 1 is 1.18 bits per heavy atom. The highest BCUT2D eigenvalue weighted by molar-refractivity contribution is 6.35. The molecule has 0 bridgehead atoms. The van der Waals surface area contributed by atoms with Crippen LogP contribution in [0.5, 0.6) is 0 Å². The molecule has 44 heavy (non-hydrogen) atoms. The summed E-state index contributed by atoms with van der Waals surface area (Å²) in [6.07, 6.45) is -8.72. The number of nitrogens with zero attached hydrogens (tertiary/aromatic N) is 1. The van der Waals surface area contributed by atoms with Gasteiger partial charge in [0, 0.05) is 12.6 Å². The van der Waals surface area contributed by atoms with Gasteiger partial charge in [-0.15, -0.1) is 0 Å². The van der Waals surface area contributed by atoms with E-state index in [2.05, 4.69) is 10.6 Å². The summed E-state index contributed by atoms with van der Waals surface area (Å²) in [6.45, 7) is 4.08. The first-order valence-electron chi connectivity index (χ1n) is 12.8. The van der Waals surface area contributed by atoms with Crippen LogP contribution < -0.4 is 10.6 Å². The Kier molecular flexibility index (Phi) is 10.2. The van der Waals surface area contributed by atoms with Crippen molar-refractivity contribution >= 4 is 41.0 Å². The zero-order chi connectivity index (χ0) is 33.2. The minimum atomic E-state index is -5.08. The lowest BCUT2D eigenvalue weighted by molar-refractivity contribution is -0.192. The first kappa shape index (κ1) is 34.6.